The van der Waals surface area contributed by atoms with E-state index < -0.39 is 0 Å². The number of carbonyl (C=O) groups is 1. The number of anilines is 1. The zero-order chi connectivity index (χ0) is 18.4. The Morgan fingerprint density at radius 3 is 2.69 bits per heavy atom. The van der Waals surface area contributed by atoms with Crippen molar-refractivity contribution in [1.29, 1.82) is 0 Å². The van der Waals surface area contributed by atoms with Crippen molar-refractivity contribution in [3.05, 3.63) is 29.3 Å². The first kappa shape index (κ1) is 22.5. The van der Waals surface area contributed by atoms with Gasteiger partial charge >= 0.3 is 0 Å². The lowest BCUT2D eigenvalue weighted by Crippen LogP contribution is -2.44. The van der Waals surface area contributed by atoms with Gasteiger partial charge in [-0.05, 0) is 36.6 Å². The summed E-state index contributed by atoms with van der Waals surface area (Å²) in [6, 6.07) is 6.74. The maximum atomic E-state index is 11.8. The van der Waals surface area contributed by atoms with E-state index in [9.17, 15) is 4.79 Å². The number of nitrogens with one attached hydrogen (secondary N) is 2. The number of nitrogens with zero attached hydrogens (tertiary/aromatic N) is 3. The van der Waals surface area contributed by atoms with Crippen LogP contribution in [0.1, 0.15) is 30.9 Å². The molecule has 1 aliphatic rings. The van der Waals surface area contributed by atoms with E-state index >= 15 is 0 Å². The molecule has 1 aliphatic heterocycles. The quantitative estimate of drug-likeness (QED) is 0.392. The van der Waals surface area contributed by atoms with Gasteiger partial charge in [0.25, 0.3) is 0 Å². The van der Waals surface area contributed by atoms with Crippen molar-refractivity contribution in [1.82, 2.24) is 15.5 Å². The van der Waals surface area contributed by atoms with Crippen molar-refractivity contribution in [2.24, 2.45) is 4.99 Å². The number of aryl methyl sites for hydroxylation is 1. The predicted molar refractivity (Wildman–Crippen MR) is 120 cm³/mol. The van der Waals surface area contributed by atoms with E-state index in [0.717, 1.165) is 32.0 Å². The highest BCUT2D eigenvalue weighted by molar-refractivity contribution is 14.0. The minimum absolute atomic E-state index is 0. The Balaban J connectivity index is 0.00000338. The van der Waals surface area contributed by atoms with Crippen LogP contribution < -0.4 is 15.5 Å². The molecule has 0 aromatic heterocycles. The summed E-state index contributed by atoms with van der Waals surface area (Å²) in [7, 11) is 5.88. The molecular weight excluding hydrogens is 441 g/mol. The third-order valence-electron chi connectivity index (χ3n) is 4.70. The molecule has 0 radical (unpaired) electrons. The van der Waals surface area contributed by atoms with E-state index in [4.69, 9.17) is 0 Å². The first-order chi connectivity index (χ1) is 11.9. The highest BCUT2D eigenvalue weighted by Crippen LogP contribution is 2.17. The lowest BCUT2D eigenvalue weighted by Gasteiger charge is -2.19. The highest BCUT2D eigenvalue weighted by atomic mass is 127. The molecule has 0 spiro atoms. The third-order valence-corrected chi connectivity index (χ3v) is 4.70. The standard InChI is InChI=1S/C19H31N5O.HI/c1-6-18(25)24-10-9-16(13-24)22-19(20-3)21-12-15-7-8-17(23(4)5)11-14(15)2;/h7-8,11,16H,6,9-10,12-13H2,1-5H3,(H2,20,21,22);1H. The Bertz CT molecular complexity index is 632. The van der Waals surface area contributed by atoms with Crippen LogP contribution in [0.4, 0.5) is 5.69 Å². The summed E-state index contributed by atoms with van der Waals surface area (Å²) < 4.78 is 0. The Morgan fingerprint density at radius 1 is 1.38 bits per heavy atom. The number of halogens is 1. The molecule has 1 amide bonds. The summed E-state index contributed by atoms with van der Waals surface area (Å²) >= 11 is 0. The second-order valence-electron chi connectivity index (χ2n) is 6.75. The smallest absolute Gasteiger partial charge is 0.222 e. The monoisotopic (exact) mass is 473 g/mol. The van der Waals surface area contributed by atoms with Crippen molar-refractivity contribution in [2.75, 3.05) is 39.1 Å². The van der Waals surface area contributed by atoms with Crippen LogP contribution in [0, 0.1) is 6.92 Å². The predicted octanol–water partition coefficient (Wildman–Crippen LogP) is 2.35. The maximum absolute atomic E-state index is 11.8. The van der Waals surface area contributed by atoms with Crippen LogP contribution in [0.3, 0.4) is 0 Å². The molecular formula is C19H32IN5O. The molecule has 2 N–H and O–H groups in total. The fourth-order valence-corrected chi connectivity index (χ4v) is 3.05. The third kappa shape index (κ3) is 6.03. The van der Waals surface area contributed by atoms with Crippen LogP contribution in [0.5, 0.6) is 0 Å². The lowest BCUT2D eigenvalue weighted by atomic mass is 10.1. The SMILES string of the molecule is CCC(=O)N1CCC(NC(=NC)NCc2ccc(N(C)C)cc2C)C1.I. The van der Waals surface area contributed by atoms with Crippen LogP contribution in [-0.4, -0.2) is 57.0 Å². The van der Waals surface area contributed by atoms with Crippen LogP contribution in [-0.2, 0) is 11.3 Å². The number of likely N-dealkylation sites (tertiary alicyclic amines) is 1. The van der Waals surface area contributed by atoms with Crippen molar-refractivity contribution in [2.45, 2.75) is 39.3 Å². The Labute approximate surface area is 174 Å². The van der Waals surface area contributed by atoms with Crippen LogP contribution in [0.15, 0.2) is 23.2 Å². The van der Waals surface area contributed by atoms with Gasteiger partial charge in [-0.2, -0.15) is 0 Å². The number of guanidine groups is 1. The second-order valence-corrected chi connectivity index (χ2v) is 6.75. The molecule has 0 saturated carbocycles. The largest absolute Gasteiger partial charge is 0.378 e. The number of benzene rings is 1. The van der Waals surface area contributed by atoms with E-state index in [-0.39, 0.29) is 35.9 Å². The number of rotatable bonds is 5. The van der Waals surface area contributed by atoms with Gasteiger partial charge in [0.2, 0.25) is 5.91 Å². The average Bonchev–Trinajstić information content (AvgIpc) is 3.07. The molecule has 2 rings (SSSR count). The molecule has 0 aliphatic carbocycles. The van der Waals surface area contributed by atoms with E-state index in [2.05, 4.69) is 45.6 Å². The van der Waals surface area contributed by atoms with Crippen LogP contribution in [0.2, 0.25) is 0 Å². The summed E-state index contributed by atoms with van der Waals surface area (Å²) in [5, 5.41) is 6.81. The van der Waals surface area contributed by atoms with Crippen molar-refractivity contribution in [3.8, 4) is 0 Å². The second kappa shape index (κ2) is 10.6. The Morgan fingerprint density at radius 2 is 2.12 bits per heavy atom. The number of hydrogen-bond donors (Lipinski definition) is 2. The summed E-state index contributed by atoms with van der Waals surface area (Å²) in [6.45, 7) is 6.35. The zero-order valence-electron chi connectivity index (χ0n) is 16.5. The molecule has 7 heteroatoms. The topological polar surface area (TPSA) is 60.0 Å². The van der Waals surface area contributed by atoms with E-state index in [0.29, 0.717) is 6.42 Å². The lowest BCUT2D eigenvalue weighted by molar-refractivity contribution is -0.129. The van der Waals surface area contributed by atoms with Gasteiger partial charge in [0.1, 0.15) is 0 Å². The molecule has 6 nitrogen and oxygen atoms in total. The molecule has 1 aromatic rings. The normalized spacial score (nSPS) is 16.9. The number of amides is 1. The van der Waals surface area contributed by atoms with Crippen LogP contribution in [0.25, 0.3) is 0 Å². The molecule has 146 valence electrons. The molecule has 26 heavy (non-hydrogen) atoms. The molecule has 1 heterocycles. The number of hydrogen-bond acceptors (Lipinski definition) is 3. The van der Waals surface area contributed by atoms with E-state index in [1.165, 1.54) is 16.8 Å². The van der Waals surface area contributed by atoms with Gasteiger partial charge < -0.3 is 20.4 Å². The maximum Gasteiger partial charge on any atom is 0.222 e. The van der Waals surface area contributed by atoms with Crippen molar-refractivity contribution in [3.63, 3.8) is 0 Å². The summed E-state index contributed by atoms with van der Waals surface area (Å²) in [6.07, 6.45) is 1.53. The van der Waals surface area contributed by atoms with Gasteiger partial charge in [0, 0.05) is 58.9 Å². The molecule has 1 unspecified atom stereocenters. The van der Waals surface area contributed by atoms with E-state index in [1.54, 1.807) is 7.05 Å². The summed E-state index contributed by atoms with van der Waals surface area (Å²) in [4.78, 5) is 20.1. The van der Waals surface area contributed by atoms with Gasteiger partial charge in [-0.1, -0.05) is 13.0 Å². The first-order valence-corrected chi connectivity index (χ1v) is 8.96. The number of carbonyl (C=O) groups excluding carboxylic acids is 1. The minimum atomic E-state index is 0. The van der Waals surface area contributed by atoms with Gasteiger partial charge in [-0.25, -0.2) is 0 Å². The van der Waals surface area contributed by atoms with Crippen molar-refractivity contribution >= 4 is 41.5 Å². The molecule has 1 aromatic carbocycles. The fourth-order valence-electron chi connectivity index (χ4n) is 3.05. The molecule has 0 bridgehead atoms. The molecule has 1 atom stereocenters. The molecule has 1 saturated heterocycles. The summed E-state index contributed by atoms with van der Waals surface area (Å²) in [5.74, 6) is 1.01. The summed E-state index contributed by atoms with van der Waals surface area (Å²) in [5.41, 5.74) is 3.72. The molecule has 1 fully saturated rings. The zero-order valence-corrected chi connectivity index (χ0v) is 18.8. The van der Waals surface area contributed by atoms with Crippen LogP contribution >= 0.6 is 24.0 Å². The Kier molecular flexibility index (Phi) is 9.18. The minimum Gasteiger partial charge on any atom is -0.378 e. The first-order valence-electron chi connectivity index (χ1n) is 8.96. The average molecular weight is 473 g/mol. The van der Waals surface area contributed by atoms with Gasteiger partial charge in [0.05, 0.1) is 0 Å². The van der Waals surface area contributed by atoms with Crippen molar-refractivity contribution < 1.29 is 4.79 Å². The Hall–Kier alpha value is -1.51. The van der Waals surface area contributed by atoms with Gasteiger partial charge in [-0.15, -0.1) is 24.0 Å². The highest BCUT2D eigenvalue weighted by Gasteiger charge is 2.25. The fraction of sp³-hybridized carbons (Fsp3) is 0.579. The number of aliphatic imine (C=N–C) groups is 1. The van der Waals surface area contributed by atoms with Gasteiger partial charge in [0.15, 0.2) is 5.96 Å². The van der Waals surface area contributed by atoms with E-state index in [1.807, 2.05) is 25.9 Å². The van der Waals surface area contributed by atoms with Gasteiger partial charge in [-0.3, -0.25) is 9.79 Å².